The Hall–Kier alpha value is -2.82. The van der Waals surface area contributed by atoms with Crippen LogP contribution in [0.1, 0.15) is 29.3 Å². The van der Waals surface area contributed by atoms with E-state index in [-0.39, 0.29) is 17.7 Å². The van der Waals surface area contributed by atoms with Crippen molar-refractivity contribution in [1.82, 2.24) is 14.7 Å². The van der Waals surface area contributed by atoms with E-state index in [1.54, 1.807) is 30.5 Å². The second kappa shape index (κ2) is 6.52. The van der Waals surface area contributed by atoms with E-state index >= 15 is 0 Å². The maximum atomic E-state index is 12.3. The van der Waals surface area contributed by atoms with E-state index in [2.05, 4.69) is 10.3 Å². The molecule has 0 aliphatic heterocycles. The van der Waals surface area contributed by atoms with Crippen LogP contribution in [0.15, 0.2) is 55.0 Å². The molecule has 2 aromatic heterocycles. The molecule has 0 aliphatic carbocycles. The average Bonchev–Trinajstić information content (AvgIpc) is 3.02. The van der Waals surface area contributed by atoms with Crippen molar-refractivity contribution in [3.8, 4) is 5.75 Å². The molecule has 2 N–H and O–H groups in total. The number of hydrogen-bond donors (Lipinski definition) is 2. The molecule has 5 heteroatoms. The van der Waals surface area contributed by atoms with Gasteiger partial charge in [0.05, 0.1) is 0 Å². The molecule has 0 unspecified atom stereocenters. The first-order valence-electron chi connectivity index (χ1n) is 7.63. The van der Waals surface area contributed by atoms with Gasteiger partial charge in [0.15, 0.2) is 0 Å². The van der Waals surface area contributed by atoms with Crippen molar-refractivity contribution in [3.63, 3.8) is 0 Å². The van der Waals surface area contributed by atoms with E-state index < -0.39 is 0 Å². The van der Waals surface area contributed by atoms with Gasteiger partial charge in [-0.3, -0.25) is 4.79 Å². The van der Waals surface area contributed by atoms with Gasteiger partial charge in [0, 0.05) is 30.2 Å². The molecule has 3 rings (SSSR count). The Bertz CT molecular complexity index is 809. The number of carbonyl (C=O) groups is 1. The highest BCUT2D eigenvalue weighted by Gasteiger charge is 2.11. The van der Waals surface area contributed by atoms with Crippen molar-refractivity contribution in [2.75, 3.05) is 0 Å². The van der Waals surface area contributed by atoms with Crippen LogP contribution in [-0.4, -0.2) is 26.4 Å². The minimum Gasteiger partial charge on any atom is -0.508 e. The van der Waals surface area contributed by atoms with Crippen LogP contribution in [0, 0.1) is 0 Å². The van der Waals surface area contributed by atoms with Crippen molar-refractivity contribution < 1.29 is 9.90 Å². The summed E-state index contributed by atoms with van der Waals surface area (Å²) in [5.41, 5.74) is 2.51. The van der Waals surface area contributed by atoms with Crippen LogP contribution < -0.4 is 5.32 Å². The normalized spacial score (nSPS) is 12.2. The Labute approximate surface area is 134 Å². The van der Waals surface area contributed by atoms with E-state index in [1.165, 1.54) is 0 Å². The highest BCUT2D eigenvalue weighted by molar-refractivity contribution is 5.95. The number of amides is 1. The summed E-state index contributed by atoms with van der Waals surface area (Å²) in [5.74, 6) is 0.179. The smallest absolute Gasteiger partial charge is 0.251 e. The molecule has 0 radical (unpaired) electrons. The number of hydrogen-bond acceptors (Lipinski definition) is 3. The summed E-state index contributed by atoms with van der Waals surface area (Å²) in [7, 11) is 0. The summed E-state index contributed by atoms with van der Waals surface area (Å²) in [4.78, 5) is 16.5. The molecule has 118 valence electrons. The van der Waals surface area contributed by atoms with Gasteiger partial charge < -0.3 is 14.8 Å². The SMILES string of the molecule is C[C@H](CCc1ccc(O)cc1)NC(=O)c1ccn2ccnc2c1. The number of aromatic hydroxyl groups is 1. The third-order valence-electron chi connectivity index (χ3n) is 3.84. The third-order valence-corrected chi connectivity index (χ3v) is 3.84. The van der Waals surface area contributed by atoms with Gasteiger partial charge in [-0.15, -0.1) is 0 Å². The summed E-state index contributed by atoms with van der Waals surface area (Å²) in [6, 6.07) is 10.8. The number of phenolic OH excluding ortho intramolecular Hbond substituents is 1. The second-order valence-electron chi connectivity index (χ2n) is 5.69. The molecule has 0 aliphatic rings. The van der Waals surface area contributed by atoms with Crippen LogP contribution in [0.5, 0.6) is 5.75 Å². The Kier molecular flexibility index (Phi) is 4.28. The molecule has 0 spiro atoms. The number of imidazole rings is 1. The fourth-order valence-electron chi connectivity index (χ4n) is 2.48. The zero-order valence-corrected chi connectivity index (χ0v) is 12.9. The fraction of sp³-hybridized carbons (Fsp3) is 0.222. The quantitative estimate of drug-likeness (QED) is 0.761. The molecule has 1 aromatic carbocycles. The predicted molar refractivity (Wildman–Crippen MR) is 88.5 cm³/mol. The summed E-state index contributed by atoms with van der Waals surface area (Å²) < 4.78 is 1.87. The Morgan fingerprint density at radius 2 is 2.04 bits per heavy atom. The summed E-state index contributed by atoms with van der Waals surface area (Å²) >= 11 is 0. The molecule has 1 atom stereocenters. The number of pyridine rings is 1. The van der Waals surface area contributed by atoms with Gasteiger partial charge in [0.2, 0.25) is 0 Å². The highest BCUT2D eigenvalue weighted by atomic mass is 16.3. The number of rotatable bonds is 5. The zero-order valence-electron chi connectivity index (χ0n) is 12.9. The predicted octanol–water partition coefficient (Wildman–Crippen LogP) is 2.79. The van der Waals surface area contributed by atoms with Crippen molar-refractivity contribution in [2.24, 2.45) is 0 Å². The lowest BCUT2D eigenvalue weighted by Crippen LogP contribution is -2.32. The first kappa shape index (κ1) is 15.1. The molecule has 3 aromatic rings. The third kappa shape index (κ3) is 3.69. The monoisotopic (exact) mass is 309 g/mol. The molecule has 1 amide bonds. The Balaban J connectivity index is 1.57. The molecule has 2 heterocycles. The highest BCUT2D eigenvalue weighted by Crippen LogP contribution is 2.12. The van der Waals surface area contributed by atoms with Crippen LogP contribution >= 0.6 is 0 Å². The van der Waals surface area contributed by atoms with Gasteiger partial charge in [-0.25, -0.2) is 4.98 Å². The number of nitrogens with zero attached hydrogens (tertiary/aromatic N) is 2. The molecule has 0 bridgehead atoms. The molecule has 0 fully saturated rings. The number of aromatic nitrogens is 2. The van der Waals surface area contributed by atoms with E-state index in [0.29, 0.717) is 5.56 Å². The van der Waals surface area contributed by atoms with Gasteiger partial charge in [0.25, 0.3) is 5.91 Å². The summed E-state index contributed by atoms with van der Waals surface area (Å²) in [6.45, 7) is 1.99. The van der Waals surface area contributed by atoms with Crippen LogP contribution in [0.2, 0.25) is 0 Å². The van der Waals surface area contributed by atoms with E-state index in [4.69, 9.17) is 0 Å². The number of fused-ring (bicyclic) bond motifs is 1. The standard InChI is InChI=1S/C18H19N3O2/c1-13(2-3-14-4-6-16(22)7-5-14)20-18(23)15-8-10-21-11-9-19-17(21)12-15/h4-13,22H,2-3H2,1H3,(H,20,23)/t13-/m1/s1. The molecule has 0 saturated carbocycles. The van der Waals surface area contributed by atoms with Crippen molar-refractivity contribution in [2.45, 2.75) is 25.8 Å². The van der Waals surface area contributed by atoms with Crippen LogP contribution in [0.25, 0.3) is 5.65 Å². The molecular formula is C18H19N3O2. The Morgan fingerprint density at radius 1 is 1.26 bits per heavy atom. The van der Waals surface area contributed by atoms with Crippen molar-refractivity contribution in [1.29, 1.82) is 0 Å². The summed E-state index contributed by atoms with van der Waals surface area (Å²) in [5, 5.41) is 12.3. The van der Waals surface area contributed by atoms with E-state index in [1.807, 2.05) is 35.9 Å². The number of nitrogens with one attached hydrogen (secondary N) is 1. The molecule has 0 saturated heterocycles. The minimum atomic E-state index is -0.0892. The number of aryl methyl sites for hydroxylation is 1. The largest absolute Gasteiger partial charge is 0.508 e. The fourth-order valence-corrected chi connectivity index (χ4v) is 2.48. The number of carbonyl (C=O) groups excluding carboxylic acids is 1. The second-order valence-corrected chi connectivity index (χ2v) is 5.69. The lowest BCUT2D eigenvalue weighted by molar-refractivity contribution is 0.0938. The van der Waals surface area contributed by atoms with Crippen LogP contribution in [0.4, 0.5) is 0 Å². The topological polar surface area (TPSA) is 66.6 Å². The van der Waals surface area contributed by atoms with Crippen LogP contribution in [0.3, 0.4) is 0 Å². The number of phenols is 1. The lowest BCUT2D eigenvalue weighted by Gasteiger charge is -2.14. The van der Waals surface area contributed by atoms with Gasteiger partial charge >= 0.3 is 0 Å². The van der Waals surface area contributed by atoms with E-state index in [9.17, 15) is 9.90 Å². The van der Waals surface area contributed by atoms with E-state index in [0.717, 1.165) is 24.1 Å². The van der Waals surface area contributed by atoms with Gasteiger partial charge in [-0.05, 0) is 49.6 Å². The van der Waals surface area contributed by atoms with Gasteiger partial charge in [-0.1, -0.05) is 12.1 Å². The summed E-state index contributed by atoms with van der Waals surface area (Å²) in [6.07, 6.45) is 7.07. The zero-order chi connectivity index (χ0) is 16.2. The Morgan fingerprint density at radius 3 is 2.83 bits per heavy atom. The first-order chi connectivity index (χ1) is 11.1. The van der Waals surface area contributed by atoms with Crippen molar-refractivity contribution >= 4 is 11.6 Å². The van der Waals surface area contributed by atoms with Crippen LogP contribution in [-0.2, 0) is 6.42 Å². The molecule has 23 heavy (non-hydrogen) atoms. The number of benzene rings is 1. The van der Waals surface area contributed by atoms with Gasteiger partial charge in [-0.2, -0.15) is 0 Å². The first-order valence-corrected chi connectivity index (χ1v) is 7.63. The maximum Gasteiger partial charge on any atom is 0.251 e. The average molecular weight is 309 g/mol. The molecular weight excluding hydrogens is 290 g/mol. The minimum absolute atomic E-state index is 0.0623. The molecule has 5 nitrogen and oxygen atoms in total. The van der Waals surface area contributed by atoms with Gasteiger partial charge in [0.1, 0.15) is 11.4 Å². The lowest BCUT2D eigenvalue weighted by atomic mass is 10.1. The van der Waals surface area contributed by atoms with Crippen molar-refractivity contribution in [3.05, 3.63) is 66.1 Å². The maximum absolute atomic E-state index is 12.3.